The molecule has 0 aromatic rings. The molecule has 0 bridgehead atoms. The molecule has 1 aliphatic rings. The van der Waals surface area contributed by atoms with Crippen molar-refractivity contribution in [1.82, 2.24) is 0 Å². The second-order valence-electron chi connectivity index (χ2n) is 3.56. The molecule has 1 rings (SSSR count). The fourth-order valence-corrected chi connectivity index (χ4v) is 1.38. The minimum atomic E-state index is 0.00731. The summed E-state index contributed by atoms with van der Waals surface area (Å²) in [6, 6.07) is 0. The molecule has 1 atom stereocenters. The number of hydrogen-bond acceptors (Lipinski definition) is 3. The molecule has 0 fully saturated rings. The first-order chi connectivity index (χ1) is 6.15. The van der Waals surface area contributed by atoms with Crippen LogP contribution in [0, 0.1) is 5.41 Å². The summed E-state index contributed by atoms with van der Waals surface area (Å²) in [5.74, 6) is 1.67. The first-order valence-electron chi connectivity index (χ1n) is 4.35. The number of nitrogens with two attached hydrogens (primary N) is 1. The van der Waals surface area contributed by atoms with Gasteiger partial charge in [0.2, 0.25) is 0 Å². The fourth-order valence-electron chi connectivity index (χ4n) is 1.38. The summed E-state index contributed by atoms with van der Waals surface area (Å²) in [4.78, 5) is 0. The molecule has 0 aromatic heterocycles. The van der Waals surface area contributed by atoms with Crippen LogP contribution < -0.4 is 5.73 Å². The van der Waals surface area contributed by atoms with Crippen LogP contribution in [0.1, 0.15) is 13.3 Å². The molecule has 1 aliphatic carbocycles. The highest BCUT2D eigenvalue weighted by Crippen LogP contribution is 2.33. The van der Waals surface area contributed by atoms with E-state index in [0.717, 1.165) is 17.9 Å². The summed E-state index contributed by atoms with van der Waals surface area (Å²) in [7, 11) is 3.30. The number of hydrogen-bond donors (Lipinski definition) is 1. The highest BCUT2D eigenvalue weighted by molar-refractivity contribution is 5.25. The number of ether oxygens (including phenoxy) is 2. The first kappa shape index (κ1) is 10.1. The van der Waals surface area contributed by atoms with Crippen LogP contribution in [0.4, 0.5) is 0 Å². The summed E-state index contributed by atoms with van der Waals surface area (Å²) < 4.78 is 10.4. The third-order valence-corrected chi connectivity index (χ3v) is 2.41. The Kier molecular flexibility index (Phi) is 2.98. The van der Waals surface area contributed by atoms with Gasteiger partial charge in [-0.2, -0.15) is 0 Å². The predicted molar refractivity (Wildman–Crippen MR) is 52.0 cm³/mol. The lowest BCUT2D eigenvalue weighted by Gasteiger charge is -2.28. The largest absolute Gasteiger partial charge is 0.497 e. The standard InChI is InChI=1S/C10H17NO2/c1-10(7-11)5-4-8(12-2)9(6-10)13-3/h4-5H,6-7,11H2,1-3H3. The average Bonchev–Trinajstić information content (AvgIpc) is 2.18. The summed E-state index contributed by atoms with van der Waals surface area (Å²) in [5, 5.41) is 0. The van der Waals surface area contributed by atoms with Crippen LogP contribution in [0.15, 0.2) is 23.7 Å². The van der Waals surface area contributed by atoms with E-state index in [4.69, 9.17) is 15.2 Å². The number of allylic oxidation sites excluding steroid dienone is 2. The predicted octanol–water partition coefficient (Wildman–Crippen LogP) is 1.42. The normalized spacial score (nSPS) is 27.7. The zero-order valence-corrected chi connectivity index (χ0v) is 8.46. The summed E-state index contributed by atoms with van der Waals surface area (Å²) in [5.41, 5.74) is 5.68. The molecule has 0 heterocycles. The van der Waals surface area contributed by atoms with E-state index in [-0.39, 0.29) is 5.41 Å². The minimum absolute atomic E-state index is 0.00731. The van der Waals surface area contributed by atoms with Crippen molar-refractivity contribution in [1.29, 1.82) is 0 Å². The quantitative estimate of drug-likeness (QED) is 0.719. The molecule has 74 valence electrons. The average molecular weight is 183 g/mol. The van der Waals surface area contributed by atoms with Crippen LogP contribution in [-0.4, -0.2) is 20.8 Å². The lowest BCUT2D eigenvalue weighted by atomic mass is 9.82. The second kappa shape index (κ2) is 3.83. The van der Waals surface area contributed by atoms with Gasteiger partial charge in [0.05, 0.1) is 14.2 Å². The SMILES string of the molecule is COC1=C(OC)CC(C)(CN)C=C1. The maximum atomic E-state index is 5.67. The van der Waals surface area contributed by atoms with Crippen molar-refractivity contribution in [3.8, 4) is 0 Å². The van der Waals surface area contributed by atoms with Gasteiger partial charge in [0.15, 0.2) is 5.76 Å². The number of methoxy groups -OCH3 is 2. The van der Waals surface area contributed by atoms with Crippen molar-refractivity contribution in [2.24, 2.45) is 11.1 Å². The zero-order chi connectivity index (χ0) is 9.90. The monoisotopic (exact) mass is 183 g/mol. The maximum absolute atomic E-state index is 5.67. The van der Waals surface area contributed by atoms with Crippen molar-refractivity contribution in [2.75, 3.05) is 20.8 Å². The van der Waals surface area contributed by atoms with Gasteiger partial charge in [-0.3, -0.25) is 0 Å². The molecule has 0 saturated heterocycles. The summed E-state index contributed by atoms with van der Waals surface area (Å²) in [6.07, 6.45) is 4.81. The van der Waals surface area contributed by atoms with Crippen LogP contribution in [0.5, 0.6) is 0 Å². The molecule has 0 saturated carbocycles. The Morgan fingerprint density at radius 3 is 2.62 bits per heavy atom. The van der Waals surface area contributed by atoms with Gasteiger partial charge in [-0.05, 0) is 6.08 Å². The first-order valence-corrected chi connectivity index (χ1v) is 4.35. The summed E-state index contributed by atoms with van der Waals surface area (Å²) >= 11 is 0. The van der Waals surface area contributed by atoms with Gasteiger partial charge in [0.1, 0.15) is 5.76 Å². The van der Waals surface area contributed by atoms with Crippen molar-refractivity contribution >= 4 is 0 Å². The van der Waals surface area contributed by atoms with Gasteiger partial charge < -0.3 is 15.2 Å². The second-order valence-corrected chi connectivity index (χ2v) is 3.56. The molecule has 0 aromatic carbocycles. The van der Waals surface area contributed by atoms with Crippen molar-refractivity contribution in [2.45, 2.75) is 13.3 Å². The van der Waals surface area contributed by atoms with Gasteiger partial charge in [-0.15, -0.1) is 0 Å². The molecule has 3 heteroatoms. The molecule has 0 amide bonds. The van der Waals surface area contributed by atoms with Crippen LogP contribution >= 0.6 is 0 Å². The smallest absolute Gasteiger partial charge is 0.156 e. The lowest BCUT2D eigenvalue weighted by Crippen LogP contribution is -2.28. The molecule has 0 aliphatic heterocycles. The minimum Gasteiger partial charge on any atom is -0.497 e. The van der Waals surface area contributed by atoms with E-state index in [1.54, 1.807) is 14.2 Å². The fraction of sp³-hybridized carbons (Fsp3) is 0.600. The topological polar surface area (TPSA) is 44.5 Å². The van der Waals surface area contributed by atoms with E-state index in [0.29, 0.717) is 6.54 Å². The van der Waals surface area contributed by atoms with Crippen LogP contribution in [-0.2, 0) is 9.47 Å². The Morgan fingerprint density at radius 1 is 1.46 bits per heavy atom. The lowest BCUT2D eigenvalue weighted by molar-refractivity contribution is 0.193. The third-order valence-electron chi connectivity index (χ3n) is 2.41. The van der Waals surface area contributed by atoms with E-state index in [1.807, 2.05) is 6.08 Å². The van der Waals surface area contributed by atoms with E-state index in [9.17, 15) is 0 Å². The highest BCUT2D eigenvalue weighted by Gasteiger charge is 2.27. The van der Waals surface area contributed by atoms with Gasteiger partial charge in [-0.25, -0.2) is 0 Å². The van der Waals surface area contributed by atoms with E-state index in [1.165, 1.54) is 0 Å². The maximum Gasteiger partial charge on any atom is 0.156 e. The molecule has 1 unspecified atom stereocenters. The van der Waals surface area contributed by atoms with Crippen molar-refractivity contribution in [3.05, 3.63) is 23.7 Å². The highest BCUT2D eigenvalue weighted by atomic mass is 16.5. The van der Waals surface area contributed by atoms with Crippen LogP contribution in [0.2, 0.25) is 0 Å². The van der Waals surface area contributed by atoms with Crippen LogP contribution in [0.25, 0.3) is 0 Å². The molecular formula is C10H17NO2. The Morgan fingerprint density at radius 2 is 2.15 bits per heavy atom. The van der Waals surface area contributed by atoms with Crippen LogP contribution in [0.3, 0.4) is 0 Å². The molecule has 3 nitrogen and oxygen atoms in total. The number of rotatable bonds is 3. The van der Waals surface area contributed by atoms with Crippen molar-refractivity contribution < 1.29 is 9.47 Å². The summed E-state index contributed by atoms with van der Waals surface area (Å²) in [6.45, 7) is 2.72. The van der Waals surface area contributed by atoms with E-state index < -0.39 is 0 Å². The molecule has 13 heavy (non-hydrogen) atoms. The van der Waals surface area contributed by atoms with Gasteiger partial charge >= 0.3 is 0 Å². The van der Waals surface area contributed by atoms with Gasteiger partial charge in [0.25, 0.3) is 0 Å². The van der Waals surface area contributed by atoms with E-state index >= 15 is 0 Å². The molecular weight excluding hydrogens is 166 g/mol. The van der Waals surface area contributed by atoms with Gasteiger partial charge in [-0.1, -0.05) is 13.0 Å². The van der Waals surface area contributed by atoms with Crippen molar-refractivity contribution in [3.63, 3.8) is 0 Å². The Bertz CT molecular complexity index is 245. The third kappa shape index (κ3) is 2.04. The van der Waals surface area contributed by atoms with Gasteiger partial charge in [0, 0.05) is 18.4 Å². The Labute approximate surface area is 79.2 Å². The zero-order valence-electron chi connectivity index (χ0n) is 8.46. The Balaban J connectivity index is 2.86. The Hall–Kier alpha value is -0.960. The molecule has 0 spiro atoms. The molecule has 2 N–H and O–H groups in total. The molecule has 0 radical (unpaired) electrons. The van der Waals surface area contributed by atoms with E-state index in [2.05, 4.69) is 13.0 Å².